The van der Waals surface area contributed by atoms with E-state index >= 15 is 0 Å². The van der Waals surface area contributed by atoms with Gasteiger partial charge >= 0.3 is 5.69 Å². The Kier molecular flexibility index (Phi) is 5.15. The van der Waals surface area contributed by atoms with Gasteiger partial charge < -0.3 is 4.74 Å². The van der Waals surface area contributed by atoms with Gasteiger partial charge in [-0.05, 0) is 28.7 Å². The predicted molar refractivity (Wildman–Crippen MR) is 93.9 cm³/mol. The molecule has 0 heterocycles. The van der Waals surface area contributed by atoms with Gasteiger partial charge in [-0.2, -0.15) is 0 Å². The number of hydrogen-bond acceptors (Lipinski definition) is 5. The Balaban J connectivity index is 2.22. The molecule has 2 aromatic carbocycles. The minimum Gasteiger partial charge on any atom is -0.482 e. The van der Waals surface area contributed by atoms with Crippen molar-refractivity contribution in [3.05, 3.63) is 63.7 Å². The summed E-state index contributed by atoms with van der Waals surface area (Å²) in [5.41, 5.74) is 1.59. The topological polar surface area (TPSA) is 113 Å². The molecular weight excluding hydrogens is 344 g/mol. The number of nitrogens with two attached hydrogens (primary N) is 1. The maximum absolute atomic E-state index is 11.3. The van der Waals surface area contributed by atoms with E-state index in [0.29, 0.717) is 0 Å². The Labute approximate surface area is 146 Å². The molecule has 2 N–H and O–H groups in total. The summed E-state index contributed by atoms with van der Waals surface area (Å²) in [5, 5.41) is 16.2. The molecule has 134 valence electrons. The van der Waals surface area contributed by atoms with Crippen LogP contribution >= 0.6 is 0 Å². The molecule has 0 saturated heterocycles. The van der Waals surface area contributed by atoms with Crippen molar-refractivity contribution in [3.63, 3.8) is 0 Å². The fraction of sp³-hybridized carbons (Fsp3) is 0.294. The third-order valence-electron chi connectivity index (χ3n) is 3.67. The van der Waals surface area contributed by atoms with Gasteiger partial charge in [0.15, 0.2) is 5.75 Å². The predicted octanol–water partition coefficient (Wildman–Crippen LogP) is 3.12. The minimum absolute atomic E-state index is 0.0164. The number of ether oxygens (including phenoxy) is 1. The molecule has 2 aromatic rings. The lowest BCUT2D eigenvalue weighted by Crippen LogP contribution is -2.12. The highest BCUT2D eigenvalue weighted by Crippen LogP contribution is 2.30. The molecule has 25 heavy (non-hydrogen) atoms. The van der Waals surface area contributed by atoms with Crippen LogP contribution in [0.25, 0.3) is 0 Å². The quantitative estimate of drug-likeness (QED) is 0.647. The Morgan fingerprint density at radius 1 is 1.12 bits per heavy atom. The van der Waals surface area contributed by atoms with E-state index in [4.69, 9.17) is 9.88 Å². The van der Waals surface area contributed by atoms with Crippen LogP contribution in [0.5, 0.6) is 5.75 Å². The summed E-state index contributed by atoms with van der Waals surface area (Å²) < 4.78 is 28.2. The smallest absolute Gasteiger partial charge is 0.312 e. The molecule has 0 fully saturated rings. The van der Waals surface area contributed by atoms with Crippen LogP contribution in [-0.2, 0) is 22.0 Å². The van der Waals surface area contributed by atoms with Crippen LogP contribution in [0.3, 0.4) is 0 Å². The Morgan fingerprint density at radius 2 is 1.72 bits per heavy atom. The summed E-state index contributed by atoms with van der Waals surface area (Å²) in [5.74, 6) is -0.0164. The van der Waals surface area contributed by atoms with E-state index in [1.54, 1.807) is 0 Å². The van der Waals surface area contributed by atoms with Gasteiger partial charge in [0.1, 0.15) is 6.61 Å². The van der Waals surface area contributed by atoms with E-state index in [1.807, 2.05) is 24.3 Å². The number of benzene rings is 2. The Bertz CT molecular complexity index is 884. The minimum atomic E-state index is -4.02. The van der Waals surface area contributed by atoms with Crippen molar-refractivity contribution in [2.24, 2.45) is 5.14 Å². The molecule has 7 nitrogen and oxygen atoms in total. The van der Waals surface area contributed by atoms with Gasteiger partial charge in [-0.15, -0.1) is 0 Å². The average molecular weight is 364 g/mol. The highest BCUT2D eigenvalue weighted by atomic mass is 32.2. The Hall–Kier alpha value is -2.45. The van der Waals surface area contributed by atoms with Gasteiger partial charge in [0.2, 0.25) is 10.0 Å². The maximum atomic E-state index is 11.3. The van der Waals surface area contributed by atoms with Crippen molar-refractivity contribution >= 4 is 15.7 Å². The first kappa shape index (κ1) is 18.9. The molecule has 0 radical (unpaired) electrons. The second-order valence-corrected chi connectivity index (χ2v) is 8.23. The zero-order valence-electron chi connectivity index (χ0n) is 14.2. The summed E-state index contributed by atoms with van der Waals surface area (Å²) in [4.78, 5) is 10.1. The second-order valence-electron chi connectivity index (χ2n) is 6.67. The normalized spacial score (nSPS) is 12.0. The molecule has 2 rings (SSSR count). The molecule has 0 aliphatic carbocycles. The number of rotatable bonds is 5. The van der Waals surface area contributed by atoms with Crippen molar-refractivity contribution in [1.82, 2.24) is 0 Å². The molecular formula is C17H20N2O5S. The van der Waals surface area contributed by atoms with Crippen LogP contribution in [0.2, 0.25) is 0 Å². The SMILES string of the molecule is CC(C)(C)c1ccc(COc2ccc(S(N)(=O)=O)cc2[N+](=O)[O-])cc1. The zero-order chi connectivity index (χ0) is 18.8. The van der Waals surface area contributed by atoms with Crippen LogP contribution in [0.15, 0.2) is 47.4 Å². The van der Waals surface area contributed by atoms with Crippen molar-refractivity contribution < 1.29 is 18.1 Å². The van der Waals surface area contributed by atoms with E-state index in [0.717, 1.165) is 11.6 Å². The van der Waals surface area contributed by atoms with Gasteiger partial charge in [-0.1, -0.05) is 45.0 Å². The van der Waals surface area contributed by atoms with Crippen molar-refractivity contribution in [2.75, 3.05) is 0 Å². The van der Waals surface area contributed by atoms with Crippen LogP contribution in [0.1, 0.15) is 31.9 Å². The van der Waals surface area contributed by atoms with Crippen LogP contribution < -0.4 is 9.88 Å². The first-order valence-corrected chi connectivity index (χ1v) is 9.06. The molecule has 0 atom stereocenters. The van der Waals surface area contributed by atoms with Crippen molar-refractivity contribution in [3.8, 4) is 5.75 Å². The average Bonchev–Trinajstić information content (AvgIpc) is 2.51. The molecule has 0 amide bonds. The highest BCUT2D eigenvalue weighted by molar-refractivity contribution is 7.89. The lowest BCUT2D eigenvalue weighted by Gasteiger charge is -2.19. The standard InChI is InChI=1S/C17H20N2O5S/c1-17(2,3)13-6-4-12(5-7-13)11-24-16-9-8-14(25(18,22)23)10-15(16)19(20)21/h4-10H,11H2,1-3H3,(H2,18,22,23). The Morgan fingerprint density at radius 3 is 2.20 bits per heavy atom. The number of nitrogens with zero attached hydrogens (tertiary/aromatic N) is 1. The number of nitro groups is 1. The number of nitro benzene ring substituents is 1. The van der Waals surface area contributed by atoms with Crippen molar-refractivity contribution in [2.45, 2.75) is 37.7 Å². The fourth-order valence-corrected chi connectivity index (χ4v) is 2.73. The first-order chi connectivity index (χ1) is 11.5. The summed E-state index contributed by atoms with van der Waals surface area (Å²) in [6.07, 6.45) is 0. The molecule has 0 aliphatic rings. The van der Waals surface area contributed by atoms with Crippen LogP contribution in [-0.4, -0.2) is 13.3 Å². The third kappa shape index (κ3) is 4.77. The summed E-state index contributed by atoms with van der Waals surface area (Å²) in [7, 11) is -4.02. The summed E-state index contributed by atoms with van der Waals surface area (Å²) >= 11 is 0. The zero-order valence-corrected chi connectivity index (χ0v) is 15.0. The van der Waals surface area contributed by atoms with E-state index in [-0.39, 0.29) is 22.7 Å². The molecule has 0 spiro atoms. The second kappa shape index (κ2) is 6.81. The van der Waals surface area contributed by atoms with Gasteiger partial charge in [-0.3, -0.25) is 10.1 Å². The number of hydrogen-bond donors (Lipinski definition) is 1. The van der Waals surface area contributed by atoms with Gasteiger partial charge in [0.25, 0.3) is 0 Å². The lowest BCUT2D eigenvalue weighted by molar-refractivity contribution is -0.386. The highest BCUT2D eigenvalue weighted by Gasteiger charge is 2.20. The fourth-order valence-electron chi connectivity index (χ4n) is 2.20. The summed E-state index contributed by atoms with van der Waals surface area (Å²) in [6.45, 7) is 6.44. The lowest BCUT2D eigenvalue weighted by atomic mass is 9.87. The van der Waals surface area contributed by atoms with E-state index in [2.05, 4.69) is 20.8 Å². The molecule has 0 saturated carbocycles. The monoisotopic (exact) mass is 364 g/mol. The molecule has 8 heteroatoms. The summed E-state index contributed by atoms with van der Waals surface area (Å²) in [6, 6.07) is 11.1. The van der Waals surface area contributed by atoms with E-state index in [9.17, 15) is 18.5 Å². The van der Waals surface area contributed by atoms with Gasteiger partial charge in [-0.25, -0.2) is 13.6 Å². The molecule has 0 bridgehead atoms. The third-order valence-corrected chi connectivity index (χ3v) is 4.58. The molecule has 0 aromatic heterocycles. The first-order valence-electron chi connectivity index (χ1n) is 7.52. The van der Waals surface area contributed by atoms with Crippen LogP contribution in [0.4, 0.5) is 5.69 Å². The maximum Gasteiger partial charge on any atom is 0.312 e. The number of sulfonamides is 1. The van der Waals surface area contributed by atoms with E-state index < -0.39 is 20.6 Å². The van der Waals surface area contributed by atoms with E-state index in [1.165, 1.54) is 17.7 Å². The van der Waals surface area contributed by atoms with Gasteiger partial charge in [0.05, 0.1) is 9.82 Å². The largest absolute Gasteiger partial charge is 0.482 e. The molecule has 0 aliphatic heterocycles. The number of primary sulfonamides is 1. The van der Waals surface area contributed by atoms with Gasteiger partial charge in [0, 0.05) is 6.07 Å². The van der Waals surface area contributed by atoms with Crippen molar-refractivity contribution in [1.29, 1.82) is 0 Å². The van der Waals surface area contributed by atoms with Crippen LogP contribution in [0, 0.1) is 10.1 Å². The molecule has 0 unspecified atom stereocenters.